The number of benzene rings is 3. The van der Waals surface area contributed by atoms with Crippen molar-refractivity contribution in [1.29, 1.82) is 0 Å². The molecule has 0 saturated carbocycles. The Hall–Kier alpha value is -3.37. The molecule has 2 amide bonds. The number of amides is 2. The Morgan fingerprint density at radius 2 is 1.41 bits per heavy atom. The maximum Gasteiger partial charge on any atom is 0.325 e. The van der Waals surface area contributed by atoms with E-state index < -0.39 is 43.1 Å². The van der Waals surface area contributed by atoms with Gasteiger partial charge in [-0.3, -0.25) is 19.2 Å². The highest BCUT2D eigenvalue weighted by Crippen LogP contribution is 2.55. The maximum atomic E-state index is 13.0. The summed E-state index contributed by atoms with van der Waals surface area (Å²) >= 11 is 0.847. The van der Waals surface area contributed by atoms with Crippen molar-refractivity contribution < 1.29 is 45.6 Å². The molecule has 12 heteroatoms. The van der Waals surface area contributed by atoms with E-state index in [1.54, 1.807) is 6.92 Å². The molecule has 0 fully saturated rings. The zero-order valence-electron chi connectivity index (χ0n) is 26.1. The van der Waals surface area contributed by atoms with Crippen LogP contribution < -0.4 is 49.3 Å². The molecule has 0 aliphatic carbocycles. The highest BCUT2D eigenvalue weighted by molar-refractivity contribution is 7.98. The van der Waals surface area contributed by atoms with Gasteiger partial charge in [0.25, 0.3) is 0 Å². The largest absolute Gasteiger partial charge is 1.00 e. The molecular formula is C34H43BrN3O6PS. The number of nitrogens with one attached hydrogen (secondary N) is 2. The number of ether oxygens (including phenoxy) is 2. The van der Waals surface area contributed by atoms with E-state index in [1.165, 1.54) is 23.0 Å². The molecule has 0 saturated heterocycles. The number of methoxy groups -OCH3 is 1. The van der Waals surface area contributed by atoms with Crippen LogP contribution in [0.15, 0.2) is 91.0 Å². The molecule has 0 spiro atoms. The van der Waals surface area contributed by atoms with E-state index in [0.717, 1.165) is 23.9 Å². The van der Waals surface area contributed by atoms with Gasteiger partial charge in [0.1, 0.15) is 41.8 Å². The van der Waals surface area contributed by atoms with Crippen LogP contribution in [0.3, 0.4) is 0 Å². The molecule has 4 N–H and O–H groups in total. The summed E-state index contributed by atoms with van der Waals surface area (Å²) < 4.78 is 9.52. The van der Waals surface area contributed by atoms with Gasteiger partial charge in [0.2, 0.25) is 11.8 Å². The van der Waals surface area contributed by atoms with E-state index >= 15 is 0 Å². The van der Waals surface area contributed by atoms with Crippen LogP contribution in [0.4, 0.5) is 0 Å². The van der Waals surface area contributed by atoms with Crippen molar-refractivity contribution >= 4 is 63.6 Å². The van der Waals surface area contributed by atoms with Crippen molar-refractivity contribution in [2.45, 2.75) is 38.3 Å². The van der Waals surface area contributed by atoms with Gasteiger partial charge in [0.15, 0.2) is 0 Å². The van der Waals surface area contributed by atoms with Crippen molar-refractivity contribution in [1.82, 2.24) is 10.6 Å². The van der Waals surface area contributed by atoms with Gasteiger partial charge in [-0.25, -0.2) is 11.4 Å². The fraction of sp³-hybridized carbons (Fsp3) is 0.324. The van der Waals surface area contributed by atoms with Gasteiger partial charge in [0.05, 0.1) is 19.9 Å². The number of halogens is 1. The molecule has 0 aliphatic heterocycles. The molecule has 0 bridgehead atoms. The lowest BCUT2D eigenvalue weighted by molar-refractivity contribution is -0.145. The summed E-state index contributed by atoms with van der Waals surface area (Å²) in [4.78, 5) is 49.1. The van der Waals surface area contributed by atoms with Crippen molar-refractivity contribution in [2.75, 3.05) is 32.2 Å². The van der Waals surface area contributed by atoms with Crippen LogP contribution in [0, 0.1) is 0 Å². The molecule has 3 aromatic carbocycles. The monoisotopic (exact) mass is 731 g/mol. The molecule has 0 radical (unpaired) electrons. The second-order valence-electron chi connectivity index (χ2n) is 10.2. The van der Waals surface area contributed by atoms with E-state index in [2.05, 4.69) is 93.5 Å². The van der Waals surface area contributed by atoms with E-state index in [9.17, 15) is 19.2 Å². The lowest BCUT2D eigenvalue weighted by atomic mass is 10.1. The summed E-state index contributed by atoms with van der Waals surface area (Å²) in [5.74, 6) is -1.79. The summed E-state index contributed by atoms with van der Waals surface area (Å²) in [7, 11) is -0.768. The number of carbonyl (C=O) groups excluding carboxylic acids is 4. The first-order chi connectivity index (χ1) is 21.8. The lowest BCUT2D eigenvalue weighted by Gasteiger charge is -2.27. The van der Waals surface area contributed by atoms with Gasteiger partial charge in [0, 0.05) is 18.6 Å². The quantitative estimate of drug-likeness (QED) is 0.0611. The van der Waals surface area contributed by atoms with Gasteiger partial charge in [-0.15, -0.1) is 0 Å². The zero-order valence-corrected chi connectivity index (χ0v) is 29.5. The normalized spacial score (nSPS) is 12.5. The van der Waals surface area contributed by atoms with Gasteiger partial charge >= 0.3 is 11.9 Å². The number of rotatable bonds is 17. The predicted molar refractivity (Wildman–Crippen MR) is 185 cm³/mol. The molecular weight excluding hydrogens is 689 g/mol. The van der Waals surface area contributed by atoms with E-state index in [4.69, 9.17) is 10.5 Å². The maximum absolute atomic E-state index is 13.0. The molecule has 46 heavy (non-hydrogen) atoms. The van der Waals surface area contributed by atoms with Crippen LogP contribution >= 0.6 is 18.6 Å². The third kappa shape index (κ3) is 11.5. The second kappa shape index (κ2) is 20.7. The molecule has 248 valence electrons. The van der Waals surface area contributed by atoms with Crippen LogP contribution in [0.25, 0.3) is 0 Å². The van der Waals surface area contributed by atoms with Crippen molar-refractivity contribution in [3.05, 3.63) is 91.0 Å². The summed E-state index contributed by atoms with van der Waals surface area (Å²) in [6.07, 6.45) is 1.68. The average molecular weight is 733 g/mol. The van der Waals surface area contributed by atoms with Crippen molar-refractivity contribution in [3.8, 4) is 0 Å². The summed E-state index contributed by atoms with van der Waals surface area (Å²) in [5.41, 5.74) is 5.82. The first-order valence-electron chi connectivity index (χ1n) is 14.9. The highest BCUT2D eigenvalue weighted by Gasteiger charge is 2.44. The van der Waals surface area contributed by atoms with E-state index in [1.807, 2.05) is 18.2 Å². The molecule has 3 rings (SSSR count). The Balaban J connectivity index is 0.00000736. The zero-order chi connectivity index (χ0) is 32.5. The minimum Gasteiger partial charge on any atom is -1.00 e. The van der Waals surface area contributed by atoms with Gasteiger partial charge < -0.3 is 42.8 Å². The van der Waals surface area contributed by atoms with E-state index in [-0.39, 0.29) is 43.0 Å². The number of nitrogens with two attached hydrogens (primary N) is 1. The molecule has 0 aromatic heterocycles. The number of carbonyl (C=O) groups is 4. The number of thiol groups is 1. The van der Waals surface area contributed by atoms with Crippen LogP contribution in [-0.4, -0.2) is 73.4 Å². The van der Waals surface area contributed by atoms with Gasteiger partial charge in [-0.05, 0) is 49.7 Å². The van der Waals surface area contributed by atoms with Gasteiger partial charge in [-0.1, -0.05) is 60.0 Å². The van der Waals surface area contributed by atoms with Crippen LogP contribution in [0.2, 0.25) is 0 Å². The first kappa shape index (κ1) is 38.8. The Morgan fingerprint density at radius 3 is 1.89 bits per heavy atom. The Kier molecular flexibility index (Phi) is 17.5. The molecule has 0 heterocycles. The molecule has 2 unspecified atom stereocenters. The molecule has 2 atom stereocenters. The number of hydrogen-bond donors (Lipinski definition) is 4. The van der Waals surface area contributed by atoms with Crippen LogP contribution in [0.5, 0.6) is 0 Å². The Bertz CT molecular complexity index is 1320. The lowest BCUT2D eigenvalue weighted by Crippen LogP contribution is -3.00. The van der Waals surface area contributed by atoms with E-state index in [0.29, 0.717) is 5.75 Å². The van der Waals surface area contributed by atoms with Crippen LogP contribution in [0.1, 0.15) is 26.2 Å². The fourth-order valence-electron chi connectivity index (χ4n) is 4.87. The predicted octanol–water partition coefficient (Wildman–Crippen LogP) is -0.913. The third-order valence-electron chi connectivity index (χ3n) is 7.16. The number of esters is 2. The highest BCUT2D eigenvalue weighted by atomic mass is 79.9. The van der Waals surface area contributed by atoms with Crippen molar-refractivity contribution in [2.24, 2.45) is 5.73 Å². The standard InChI is InChI=1S/C34H42N3O6PS.BrH/c1-3-43-34(41)29(35)20-21-31(38)37-30(33(40)36-24-32(39)42-2)25-45-23-13-22-44(26-14-7-4-8-15-26,27-16-9-5-10-17-27)28-18-11-6-12-19-28;/h4-12,14-19,23,29-30,45H,3,13,20-22,24-25,35H2,1-2H3,(H-,36,37,38,40);1H. The smallest absolute Gasteiger partial charge is 0.325 e. The third-order valence-corrected chi connectivity index (χ3v) is 12.7. The fourth-order valence-corrected chi connectivity index (χ4v) is 10.2. The second-order valence-corrected chi connectivity index (χ2v) is 14.9. The van der Waals surface area contributed by atoms with Crippen LogP contribution in [-0.2, 0) is 28.7 Å². The minimum absolute atomic E-state index is 0. The summed E-state index contributed by atoms with van der Waals surface area (Å²) in [5, 5.41) is 11.3. The summed E-state index contributed by atoms with van der Waals surface area (Å²) in [6, 6.07) is 30.0. The average Bonchev–Trinajstić information content (AvgIpc) is 3.08. The first-order valence-corrected chi connectivity index (χ1v) is 18.0. The SMILES string of the molecule is CCOC(=O)C(N)CCC(=O)NC(C[SH]=CCC[P+](c1ccccc1)(c1ccccc1)c1ccccc1)C(=O)NCC(=O)OC.[Br-]. The minimum atomic E-state index is -2.00. The molecule has 9 nitrogen and oxygen atoms in total. The molecule has 0 aliphatic rings. The topological polar surface area (TPSA) is 137 Å². The van der Waals surface area contributed by atoms with Gasteiger partial charge in [-0.2, -0.15) is 0 Å². The number of hydrogen-bond acceptors (Lipinski definition) is 7. The summed E-state index contributed by atoms with van der Waals surface area (Å²) in [6.45, 7) is 1.56. The Morgan fingerprint density at radius 1 is 0.891 bits per heavy atom. The molecule has 3 aromatic rings. The Labute approximate surface area is 286 Å². The van der Waals surface area contributed by atoms with Crippen molar-refractivity contribution in [3.63, 3.8) is 0 Å².